The van der Waals surface area contributed by atoms with E-state index in [1.165, 1.54) is 6.33 Å². The van der Waals surface area contributed by atoms with E-state index in [0.29, 0.717) is 25.2 Å². The van der Waals surface area contributed by atoms with Crippen LogP contribution < -0.4 is 5.56 Å². The molecule has 2 aromatic heterocycles. The number of β-amino-alcohol motifs (C(OH)–C–C–N with tert-alkyl or cyclic N) is 1. The van der Waals surface area contributed by atoms with E-state index in [9.17, 15) is 9.90 Å². The maximum absolute atomic E-state index is 11.5. The molecule has 0 radical (unpaired) electrons. The van der Waals surface area contributed by atoms with Crippen LogP contribution in [0.1, 0.15) is 5.69 Å². The van der Waals surface area contributed by atoms with Gasteiger partial charge in [-0.1, -0.05) is 0 Å². The third-order valence-electron chi connectivity index (χ3n) is 3.52. The molecule has 8 heteroatoms. The Morgan fingerprint density at radius 1 is 1.42 bits per heavy atom. The maximum Gasteiger partial charge on any atom is 0.279 e. The van der Waals surface area contributed by atoms with Crippen molar-refractivity contribution in [3.8, 4) is 0 Å². The first-order chi connectivity index (χ1) is 9.19. The number of aromatic nitrogens is 4. The molecule has 3 rings (SSSR count). The molecule has 0 bridgehead atoms. The summed E-state index contributed by atoms with van der Waals surface area (Å²) in [4.78, 5) is 20.1. The fourth-order valence-corrected chi connectivity index (χ4v) is 2.48. The van der Waals surface area contributed by atoms with Gasteiger partial charge in [-0.15, -0.1) is 0 Å². The fourth-order valence-electron chi connectivity index (χ4n) is 2.48. The summed E-state index contributed by atoms with van der Waals surface area (Å²) in [6, 6.07) is 0. The van der Waals surface area contributed by atoms with Crippen molar-refractivity contribution in [2.45, 2.75) is 12.6 Å². The highest BCUT2D eigenvalue weighted by Gasteiger charge is 2.31. The van der Waals surface area contributed by atoms with Crippen molar-refractivity contribution >= 4 is 11.0 Å². The van der Waals surface area contributed by atoms with Gasteiger partial charge in [0.1, 0.15) is 5.52 Å². The van der Waals surface area contributed by atoms with Crippen LogP contribution in [-0.4, -0.2) is 61.1 Å². The molecule has 2 aromatic rings. The second-order valence-corrected chi connectivity index (χ2v) is 4.84. The molecule has 2 atom stereocenters. The van der Waals surface area contributed by atoms with E-state index in [4.69, 9.17) is 5.11 Å². The molecule has 0 amide bonds. The van der Waals surface area contributed by atoms with Gasteiger partial charge in [0.05, 0.1) is 18.1 Å². The van der Waals surface area contributed by atoms with Gasteiger partial charge in [0, 0.05) is 32.2 Å². The molecular weight excluding hydrogens is 250 g/mol. The van der Waals surface area contributed by atoms with Crippen LogP contribution in [0.25, 0.3) is 11.0 Å². The van der Waals surface area contributed by atoms with Crippen molar-refractivity contribution < 1.29 is 10.2 Å². The molecular formula is C11H15N5O3. The highest BCUT2D eigenvalue weighted by atomic mass is 16.3. The Bertz CT molecular complexity index is 637. The quantitative estimate of drug-likeness (QED) is 0.532. The average molecular weight is 265 g/mol. The van der Waals surface area contributed by atoms with Gasteiger partial charge in [-0.3, -0.25) is 14.8 Å². The highest BCUT2D eigenvalue weighted by molar-refractivity contribution is 5.75. The lowest BCUT2D eigenvalue weighted by Crippen LogP contribution is -2.22. The number of aliphatic hydroxyl groups is 2. The van der Waals surface area contributed by atoms with Crippen LogP contribution in [-0.2, 0) is 6.54 Å². The standard InChI is InChI=1S/C11H15N5O3/c17-4-6-1-16(3-8(6)18)2-7-9-10(15-14-7)11(19)13-5-12-9/h5-6,8,17-18H,1-4H2,(H,14,15)(H,12,13,19)/t6-,8?/m1/s1. The summed E-state index contributed by atoms with van der Waals surface area (Å²) in [5.74, 6) is -0.120. The molecule has 3 heterocycles. The second kappa shape index (κ2) is 4.72. The Morgan fingerprint density at radius 3 is 3.00 bits per heavy atom. The number of hydrogen-bond donors (Lipinski definition) is 4. The maximum atomic E-state index is 11.5. The lowest BCUT2D eigenvalue weighted by molar-refractivity contribution is 0.103. The molecule has 4 N–H and O–H groups in total. The van der Waals surface area contributed by atoms with Gasteiger partial charge < -0.3 is 15.2 Å². The minimum absolute atomic E-state index is 0.0285. The summed E-state index contributed by atoms with van der Waals surface area (Å²) in [6.07, 6.45) is 0.828. The molecule has 8 nitrogen and oxygen atoms in total. The van der Waals surface area contributed by atoms with Gasteiger partial charge in [-0.25, -0.2) is 4.98 Å². The Balaban J connectivity index is 1.83. The molecule has 0 aromatic carbocycles. The van der Waals surface area contributed by atoms with Crippen molar-refractivity contribution in [1.29, 1.82) is 0 Å². The van der Waals surface area contributed by atoms with E-state index in [1.807, 2.05) is 4.90 Å². The number of nitrogens with zero attached hydrogens (tertiary/aromatic N) is 3. The predicted octanol–water partition coefficient (Wildman–Crippen LogP) is -1.57. The first-order valence-electron chi connectivity index (χ1n) is 6.11. The largest absolute Gasteiger partial charge is 0.396 e. The molecule has 1 unspecified atom stereocenters. The molecule has 1 fully saturated rings. The number of likely N-dealkylation sites (tertiary alicyclic amines) is 1. The zero-order valence-corrected chi connectivity index (χ0v) is 10.2. The minimum Gasteiger partial charge on any atom is -0.396 e. The van der Waals surface area contributed by atoms with Crippen molar-refractivity contribution in [2.75, 3.05) is 19.7 Å². The highest BCUT2D eigenvalue weighted by Crippen LogP contribution is 2.20. The number of H-pyrrole nitrogens is 2. The van der Waals surface area contributed by atoms with Crippen LogP contribution in [0.4, 0.5) is 0 Å². The van der Waals surface area contributed by atoms with Crippen molar-refractivity contribution in [2.24, 2.45) is 5.92 Å². The summed E-state index contributed by atoms with van der Waals surface area (Å²) in [5.41, 5.74) is 1.30. The first-order valence-corrected chi connectivity index (χ1v) is 6.11. The number of nitrogens with one attached hydrogen (secondary N) is 2. The van der Waals surface area contributed by atoms with E-state index in [0.717, 1.165) is 5.69 Å². The number of rotatable bonds is 3. The van der Waals surface area contributed by atoms with Crippen molar-refractivity contribution in [1.82, 2.24) is 25.1 Å². The zero-order chi connectivity index (χ0) is 13.4. The van der Waals surface area contributed by atoms with Gasteiger partial charge in [0.2, 0.25) is 0 Å². The van der Waals surface area contributed by atoms with Gasteiger partial charge >= 0.3 is 0 Å². The third-order valence-corrected chi connectivity index (χ3v) is 3.52. The van der Waals surface area contributed by atoms with Crippen LogP contribution in [0.2, 0.25) is 0 Å². The van der Waals surface area contributed by atoms with E-state index < -0.39 is 6.10 Å². The lowest BCUT2D eigenvalue weighted by Gasteiger charge is -2.13. The molecule has 0 saturated carbocycles. The van der Waals surface area contributed by atoms with E-state index in [1.54, 1.807) is 0 Å². The summed E-state index contributed by atoms with van der Waals surface area (Å²) < 4.78 is 0. The lowest BCUT2D eigenvalue weighted by atomic mass is 10.1. The molecule has 1 aliphatic rings. The third kappa shape index (κ3) is 2.14. The summed E-state index contributed by atoms with van der Waals surface area (Å²) in [7, 11) is 0. The van der Waals surface area contributed by atoms with E-state index >= 15 is 0 Å². The smallest absolute Gasteiger partial charge is 0.279 e. The van der Waals surface area contributed by atoms with Crippen LogP contribution in [0.5, 0.6) is 0 Å². The number of aromatic amines is 2. The SMILES string of the molecule is O=c1[nH]cnc2c(CN3CC(O)[C@@H](CO)C3)[nH]nc12. The Morgan fingerprint density at radius 2 is 2.26 bits per heavy atom. The Hall–Kier alpha value is -1.77. The fraction of sp³-hybridized carbons (Fsp3) is 0.545. The Kier molecular flexibility index (Phi) is 3.05. The first kappa shape index (κ1) is 12.3. The zero-order valence-electron chi connectivity index (χ0n) is 10.2. The molecule has 19 heavy (non-hydrogen) atoms. The predicted molar refractivity (Wildman–Crippen MR) is 66.4 cm³/mol. The van der Waals surface area contributed by atoms with E-state index in [-0.39, 0.29) is 23.6 Å². The van der Waals surface area contributed by atoms with Gasteiger partial charge in [-0.2, -0.15) is 5.10 Å². The molecule has 102 valence electrons. The van der Waals surface area contributed by atoms with Gasteiger partial charge in [0.15, 0.2) is 5.52 Å². The summed E-state index contributed by atoms with van der Waals surface area (Å²) >= 11 is 0. The van der Waals surface area contributed by atoms with Gasteiger partial charge in [0.25, 0.3) is 5.56 Å². The Labute approximate surface area is 108 Å². The molecule has 0 aliphatic carbocycles. The number of fused-ring (bicyclic) bond motifs is 1. The molecule has 1 saturated heterocycles. The molecule has 1 aliphatic heterocycles. The van der Waals surface area contributed by atoms with Gasteiger partial charge in [-0.05, 0) is 0 Å². The number of hydrogen-bond acceptors (Lipinski definition) is 6. The second-order valence-electron chi connectivity index (χ2n) is 4.84. The van der Waals surface area contributed by atoms with Crippen LogP contribution >= 0.6 is 0 Å². The van der Waals surface area contributed by atoms with Crippen molar-refractivity contribution in [3.63, 3.8) is 0 Å². The minimum atomic E-state index is -0.518. The van der Waals surface area contributed by atoms with Crippen LogP contribution in [0, 0.1) is 5.92 Å². The summed E-state index contributed by atoms with van der Waals surface area (Å²) in [6.45, 7) is 1.59. The molecule has 0 spiro atoms. The normalized spacial score (nSPS) is 24.3. The summed E-state index contributed by atoms with van der Waals surface area (Å²) in [5, 5.41) is 25.6. The van der Waals surface area contributed by atoms with Crippen LogP contribution in [0.15, 0.2) is 11.1 Å². The average Bonchev–Trinajstić information content (AvgIpc) is 2.95. The van der Waals surface area contributed by atoms with E-state index in [2.05, 4.69) is 20.2 Å². The monoisotopic (exact) mass is 265 g/mol. The van der Waals surface area contributed by atoms with Crippen LogP contribution in [0.3, 0.4) is 0 Å². The number of aliphatic hydroxyl groups excluding tert-OH is 2. The topological polar surface area (TPSA) is 118 Å². The van der Waals surface area contributed by atoms with Crippen molar-refractivity contribution in [3.05, 3.63) is 22.4 Å².